The van der Waals surface area contributed by atoms with Gasteiger partial charge in [-0.05, 0) is 49.4 Å². The highest BCUT2D eigenvalue weighted by molar-refractivity contribution is 7.89. The lowest BCUT2D eigenvalue weighted by atomic mass is 10.1. The molecule has 0 amide bonds. The van der Waals surface area contributed by atoms with E-state index in [0.717, 1.165) is 35.1 Å². The molecule has 7 nitrogen and oxygen atoms in total. The number of nitrogens with zero attached hydrogens (tertiary/aromatic N) is 2. The molecule has 1 aromatic heterocycles. The van der Waals surface area contributed by atoms with Crippen molar-refractivity contribution in [3.63, 3.8) is 0 Å². The van der Waals surface area contributed by atoms with Gasteiger partial charge in [-0.25, -0.2) is 8.42 Å². The first-order valence-electron chi connectivity index (χ1n) is 10.9. The SMILES string of the molecule is CCc1cccc2cc(CN(C(C)C)S(=O)(=O)c3ccc4c(c3)OCCN4C)c(=O)[nH]c12. The third kappa shape index (κ3) is 4.00. The molecule has 32 heavy (non-hydrogen) atoms. The second-order valence-electron chi connectivity index (χ2n) is 8.40. The van der Waals surface area contributed by atoms with E-state index in [0.29, 0.717) is 17.9 Å². The van der Waals surface area contributed by atoms with Gasteiger partial charge >= 0.3 is 0 Å². The third-order valence-corrected chi connectivity index (χ3v) is 7.98. The van der Waals surface area contributed by atoms with Gasteiger partial charge in [0.1, 0.15) is 12.4 Å². The van der Waals surface area contributed by atoms with E-state index in [4.69, 9.17) is 4.74 Å². The van der Waals surface area contributed by atoms with Crippen LogP contribution in [0.15, 0.2) is 52.2 Å². The second-order valence-corrected chi connectivity index (χ2v) is 10.3. The molecule has 2 heterocycles. The lowest BCUT2D eigenvalue weighted by Crippen LogP contribution is -2.38. The smallest absolute Gasteiger partial charge is 0.252 e. The summed E-state index contributed by atoms with van der Waals surface area (Å²) in [4.78, 5) is 18.0. The van der Waals surface area contributed by atoms with Crippen molar-refractivity contribution in [3.05, 3.63) is 63.9 Å². The number of hydrogen-bond acceptors (Lipinski definition) is 5. The number of sulfonamides is 1. The molecule has 0 fully saturated rings. The number of ether oxygens (including phenoxy) is 1. The van der Waals surface area contributed by atoms with Crippen LogP contribution in [-0.4, -0.2) is 43.9 Å². The summed E-state index contributed by atoms with van der Waals surface area (Å²) in [7, 11) is -1.90. The Labute approximate surface area is 188 Å². The average molecular weight is 456 g/mol. The van der Waals surface area contributed by atoms with Crippen molar-refractivity contribution in [2.75, 3.05) is 25.1 Å². The van der Waals surface area contributed by atoms with E-state index in [1.54, 1.807) is 24.3 Å². The molecular formula is C24H29N3O4S. The number of rotatable bonds is 6. The Balaban J connectivity index is 1.73. The van der Waals surface area contributed by atoms with Crippen molar-refractivity contribution in [2.45, 2.75) is 44.7 Å². The van der Waals surface area contributed by atoms with Crippen molar-refractivity contribution in [1.82, 2.24) is 9.29 Å². The van der Waals surface area contributed by atoms with Crippen LogP contribution in [0.2, 0.25) is 0 Å². The molecule has 1 N–H and O–H groups in total. The highest BCUT2D eigenvalue weighted by Gasteiger charge is 2.30. The van der Waals surface area contributed by atoms with Gasteiger partial charge in [-0.3, -0.25) is 4.79 Å². The number of hydrogen-bond donors (Lipinski definition) is 1. The van der Waals surface area contributed by atoms with E-state index in [1.807, 2.05) is 50.9 Å². The largest absolute Gasteiger partial charge is 0.490 e. The molecule has 0 radical (unpaired) electrons. The van der Waals surface area contributed by atoms with E-state index in [9.17, 15) is 13.2 Å². The molecule has 1 aliphatic heterocycles. The van der Waals surface area contributed by atoms with E-state index in [2.05, 4.69) is 4.98 Å². The molecule has 0 aliphatic carbocycles. The first-order valence-corrected chi connectivity index (χ1v) is 12.3. The molecule has 0 bridgehead atoms. The summed E-state index contributed by atoms with van der Waals surface area (Å²) in [6.07, 6.45) is 0.800. The first-order chi connectivity index (χ1) is 15.2. The summed E-state index contributed by atoms with van der Waals surface area (Å²) in [5, 5.41) is 0.894. The zero-order valence-electron chi connectivity index (χ0n) is 18.9. The van der Waals surface area contributed by atoms with Gasteiger partial charge in [0, 0.05) is 31.3 Å². The van der Waals surface area contributed by atoms with Crippen molar-refractivity contribution < 1.29 is 13.2 Å². The van der Waals surface area contributed by atoms with Crippen LogP contribution < -0.4 is 15.2 Å². The molecule has 0 unspecified atom stereocenters. The molecule has 3 aromatic rings. The lowest BCUT2D eigenvalue weighted by Gasteiger charge is -2.29. The highest BCUT2D eigenvalue weighted by atomic mass is 32.2. The number of benzene rings is 2. The standard InChI is InChI=1S/C24H29N3O4S/c1-5-17-7-6-8-18-13-19(24(28)25-23(17)18)15-27(16(2)3)32(29,30)20-9-10-21-22(14-20)31-12-11-26(21)4/h6-10,13-14,16H,5,11-12,15H2,1-4H3,(H,25,28). The number of likely N-dealkylation sites (N-methyl/N-ethyl adjacent to an activating group) is 1. The molecule has 0 atom stereocenters. The van der Waals surface area contributed by atoms with Gasteiger partial charge in [0.15, 0.2) is 0 Å². The number of anilines is 1. The lowest BCUT2D eigenvalue weighted by molar-refractivity contribution is 0.309. The normalized spacial score (nSPS) is 14.1. The summed E-state index contributed by atoms with van der Waals surface area (Å²) < 4.78 is 34.2. The summed E-state index contributed by atoms with van der Waals surface area (Å²) in [6, 6.07) is 12.3. The van der Waals surface area contributed by atoms with Crippen molar-refractivity contribution in [1.29, 1.82) is 0 Å². The minimum atomic E-state index is -3.85. The summed E-state index contributed by atoms with van der Waals surface area (Å²) in [5.74, 6) is 0.555. The van der Waals surface area contributed by atoms with Crippen LogP contribution in [0.5, 0.6) is 5.75 Å². The van der Waals surface area contributed by atoms with Crippen LogP contribution in [0.3, 0.4) is 0 Å². The Hall–Kier alpha value is -2.84. The molecule has 8 heteroatoms. The average Bonchev–Trinajstić information content (AvgIpc) is 2.76. The molecule has 0 spiro atoms. The fraction of sp³-hybridized carbons (Fsp3) is 0.375. The van der Waals surface area contributed by atoms with E-state index in [-0.39, 0.29) is 23.0 Å². The number of aromatic amines is 1. The number of aromatic nitrogens is 1. The number of pyridine rings is 1. The zero-order valence-corrected chi connectivity index (χ0v) is 19.7. The Bertz CT molecular complexity index is 1310. The van der Waals surface area contributed by atoms with Crippen LogP contribution in [0.4, 0.5) is 5.69 Å². The molecule has 2 aromatic carbocycles. The maximum Gasteiger partial charge on any atom is 0.252 e. The maximum absolute atomic E-state index is 13.6. The van der Waals surface area contributed by atoms with Gasteiger partial charge in [-0.2, -0.15) is 4.31 Å². The number of aryl methyl sites for hydroxylation is 1. The predicted octanol–water partition coefficient (Wildman–Crippen LogP) is 3.52. The molecule has 4 rings (SSSR count). The van der Waals surface area contributed by atoms with E-state index < -0.39 is 10.0 Å². The van der Waals surface area contributed by atoms with E-state index >= 15 is 0 Å². The second kappa shape index (κ2) is 8.60. The van der Waals surface area contributed by atoms with Gasteiger partial charge in [-0.15, -0.1) is 0 Å². The number of nitrogens with one attached hydrogen (secondary N) is 1. The molecular weight excluding hydrogens is 426 g/mol. The van der Waals surface area contributed by atoms with Gasteiger partial charge in [0.2, 0.25) is 10.0 Å². The Morgan fingerprint density at radius 2 is 1.94 bits per heavy atom. The Kier molecular flexibility index (Phi) is 6.01. The van der Waals surface area contributed by atoms with Gasteiger partial charge in [0.05, 0.1) is 22.6 Å². The van der Waals surface area contributed by atoms with Crippen LogP contribution in [0, 0.1) is 0 Å². The van der Waals surface area contributed by atoms with Crippen molar-refractivity contribution >= 4 is 26.6 Å². The van der Waals surface area contributed by atoms with Crippen molar-refractivity contribution in [3.8, 4) is 5.75 Å². The topological polar surface area (TPSA) is 82.7 Å². The summed E-state index contributed by atoms with van der Waals surface area (Å²) in [6.45, 7) is 6.90. The summed E-state index contributed by atoms with van der Waals surface area (Å²) in [5.41, 5.74) is 2.87. The molecule has 170 valence electrons. The fourth-order valence-corrected chi connectivity index (χ4v) is 5.73. The van der Waals surface area contributed by atoms with Crippen LogP contribution in [-0.2, 0) is 23.0 Å². The van der Waals surface area contributed by atoms with Crippen LogP contribution >= 0.6 is 0 Å². The maximum atomic E-state index is 13.6. The zero-order chi connectivity index (χ0) is 23.0. The molecule has 1 aliphatic rings. The third-order valence-electron chi connectivity index (χ3n) is 5.96. The number of fused-ring (bicyclic) bond motifs is 2. The summed E-state index contributed by atoms with van der Waals surface area (Å²) >= 11 is 0. The minimum absolute atomic E-state index is 0.0144. The highest BCUT2D eigenvalue weighted by Crippen LogP contribution is 2.34. The minimum Gasteiger partial charge on any atom is -0.490 e. The Morgan fingerprint density at radius 1 is 1.16 bits per heavy atom. The first kappa shape index (κ1) is 22.4. The monoisotopic (exact) mass is 455 g/mol. The number of para-hydroxylation sites is 1. The van der Waals surface area contributed by atoms with Crippen molar-refractivity contribution in [2.24, 2.45) is 0 Å². The van der Waals surface area contributed by atoms with Gasteiger partial charge in [-0.1, -0.05) is 25.1 Å². The Morgan fingerprint density at radius 3 is 2.66 bits per heavy atom. The number of H-pyrrole nitrogens is 1. The molecule has 0 saturated carbocycles. The van der Waals surface area contributed by atoms with Gasteiger partial charge in [0.25, 0.3) is 5.56 Å². The molecule has 0 saturated heterocycles. The van der Waals surface area contributed by atoms with Crippen LogP contribution in [0.1, 0.15) is 31.9 Å². The fourth-order valence-electron chi connectivity index (χ4n) is 4.10. The van der Waals surface area contributed by atoms with Gasteiger partial charge < -0.3 is 14.6 Å². The van der Waals surface area contributed by atoms with Crippen LogP contribution in [0.25, 0.3) is 10.9 Å². The van der Waals surface area contributed by atoms with E-state index in [1.165, 1.54) is 4.31 Å². The quantitative estimate of drug-likeness (QED) is 0.615. The predicted molar refractivity (Wildman–Crippen MR) is 127 cm³/mol.